The number of benzene rings is 1. The summed E-state index contributed by atoms with van der Waals surface area (Å²) < 4.78 is 23.0. The minimum absolute atomic E-state index is 0.0619. The maximum absolute atomic E-state index is 12.2. The molecular formula is C17H17NO3S. The van der Waals surface area contributed by atoms with Crippen LogP contribution in [0.15, 0.2) is 66.1 Å². The third kappa shape index (κ3) is 3.32. The standard InChI is InChI=1S/C17H17NO3S/c1-3-4-6-12(2)14-7-5-8-17(19)16-11-13(22(18,20)21)9-10-15(14)16/h3-4,6-7,9-11H,1-2,5,8H2,(H2,18,20,21). The first-order valence-corrected chi connectivity index (χ1v) is 8.28. The normalized spacial score (nSPS) is 15.1. The Morgan fingerprint density at radius 2 is 2.00 bits per heavy atom. The second kappa shape index (κ2) is 6.25. The van der Waals surface area contributed by atoms with Crippen molar-refractivity contribution in [3.63, 3.8) is 0 Å². The number of carbonyl (C=O) groups excluding carboxylic acids is 1. The van der Waals surface area contributed by atoms with Crippen molar-refractivity contribution in [1.82, 2.24) is 0 Å². The highest BCUT2D eigenvalue weighted by Gasteiger charge is 2.21. The lowest BCUT2D eigenvalue weighted by Gasteiger charge is -2.12. The molecule has 2 N–H and O–H groups in total. The molecule has 0 unspecified atom stereocenters. The van der Waals surface area contributed by atoms with Crippen LogP contribution < -0.4 is 5.14 Å². The van der Waals surface area contributed by atoms with Gasteiger partial charge in [-0.25, -0.2) is 13.6 Å². The number of sulfonamides is 1. The quantitative estimate of drug-likeness (QED) is 0.868. The lowest BCUT2D eigenvalue weighted by atomic mass is 9.94. The molecule has 4 nitrogen and oxygen atoms in total. The average Bonchev–Trinajstić information content (AvgIpc) is 2.63. The zero-order chi connectivity index (χ0) is 16.3. The van der Waals surface area contributed by atoms with Gasteiger partial charge < -0.3 is 0 Å². The van der Waals surface area contributed by atoms with E-state index in [1.54, 1.807) is 24.3 Å². The van der Waals surface area contributed by atoms with E-state index < -0.39 is 10.0 Å². The minimum Gasteiger partial charge on any atom is -0.294 e. The van der Waals surface area contributed by atoms with E-state index in [-0.39, 0.29) is 10.7 Å². The maximum atomic E-state index is 12.2. The predicted octanol–water partition coefficient (Wildman–Crippen LogP) is 2.99. The summed E-state index contributed by atoms with van der Waals surface area (Å²) in [5.74, 6) is -0.104. The highest BCUT2D eigenvalue weighted by Crippen LogP contribution is 2.32. The molecule has 0 saturated heterocycles. The highest BCUT2D eigenvalue weighted by atomic mass is 32.2. The van der Waals surface area contributed by atoms with Gasteiger partial charge in [-0.2, -0.15) is 0 Å². The van der Waals surface area contributed by atoms with Crippen LogP contribution in [0.2, 0.25) is 0 Å². The third-order valence-corrected chi connectivity index (χ3v) is 4.32. The molecule has 0 radical (unpaired) electrons. The van der Waals surface area contributed by atoms with Crippen molar-refractivity contribution in [2.75, 3.05) is 0 Å². The van der Waals surface area contributed by atoms with Gasteiger partial charge in [0.05, 0.1) is 4.90 Å². The van der Waals surface area contributed by atoms with Gasteiger partial charge in [0.1, 0.15) is 0 Å². The van der Waals surface area contributed by atoms with Crippen LogP contribution in [0, 0.1) is 0 Å². The van der Waals surface area contributed by atoms with Crippen molar-refractivity contribution in [2.24, 2.45) is 5.14 Å². The summed E-state index contributed by atoms with van der Waals surface area (Å²) >= 11 is 0. The molecule has 2 rings (SSSR count). The number of primary sulfonamides is 1. The molecule has 0 spiro atoms. The van der Waals surface area contributed by atoms with Crippen molar-refractivity contribution in [3.05, 3.63) is 72.4 Å². The molecule has 0 amide bonds. The van der Waals surface area contributed by atoms with Gasteiger partial charge in [-0.1, -0.05) is 43.5 Å². The molecule has 0 saturated carbocycles. The molecule has 0 aliphatic heterocycles. The Morgan fingerprint density at radius 1 is 1.27 bits per heavy atom. The summed E-state index contributed by atoms with van der Waals surface area (Å²) in [5.41, 5.74) is 2.59. The smallest absolute Gasteiger partial charge is 0.238 e. The molecule has 0 heterocycles. The molecule has 1 aromatic rings. The molecule has 1 aromatic carbocycles. The molecule has 0 fully saturated rings. The van der Waals surface area contributed by atoms with E-state index in [1.807, 2.05) is 6.08 Å². The molecular weight excluding hydrogens is 298 g/mol. The van der Waals surface area contributed by atoms with Crippen LogP contribution >= 0.6 is 0 Å². The minimum atomic E-state index is -3.84. The van der Waals surface area contributed by atoms with E-state index in [1.165, 1.54) is 12.1 Å². The van der Waals surface area contributed by atoms with E-state index in [4.69, 9.17) is 5.14 Å². The second-order valence-corrected chi connectivity index (χ2v) is 6.51. The van der Waals surface area contributed by atoms with Crippen LogP contribution in [0.3, 0.4) is 0 Å². The van der Waals surface area contributed by atoms with Gasteiger partial charge in [-0.15, -0.1) is 0 Å². The van der Waals surface area contributed by atoms with Gasteiger partial charge in [0.15, 0.2) is 5.78 Å². The molecule has 0 bridgehead atoms. The Morgan fingerprint density at radius 3 is 2.64 bits per heavy atom. The van der Waals surface area contributed by atoms with Crippen molar-refractivity contribution in [2.45, 2.75) is 17.7 Å². The number of carbonyl (C=O) groups is 1. The first-order chi connectivity index (χ1) is 10.3. The Labute approximate surface area is 130 Å². The zero-order valence-corrected chi connectivity index (χ0v) is 12.9. The monoisotopic (exact) mass is 315 g/mol. The first kappa shape index (κ1) is 16.1. The van der Waals surface area contributed by atoms with Gasteiger partial charge in [-0.05, 0) is 35.3 Å². The van der Waals surface area contributed by atoms with Crippen LogP contribution in [0.4, 0.5) is 0 Å². The SMILES string of the molecule is C=CC=CC(=C)C1=CCCC(=O)c2cc(S(N)(=O)=O)ccc21. The van der Waals surface area contributed by atoms with E-state index in [0.29, 0.717) is 24.0 Å². The van der Waals surface area contributed by atoms with Crippen molar-refractivity contribution in [1.29, 1.82) is 0 Å². The second-order valence-electron chi connectivity index (χ2n) is 4.95. The van der Waals surface area contributed by atoms with E-state index in [0.717, 1.165) is 11.1 Å². The van der Waals surface area contributed by atoms with Crippen LogP contribution in [0.1, 0.15) is 28.8 Å². The van der Waals surface area contributed by atoms with Crippen LogP contribution in [0.5, 0.6) is 0 Å². The van der Waals surface area contributed by atoms with Crippen molar-refractivity contribution < 1.29 is 13.2 Å². The largest absolute Gasteiger partial charge is 0.294 e. The Kier molecular flexibility index (Phi) is 4.59. The topological polar surface area (TPSA) is 77.2 Å². The Hall–Kier alpha value is -2.24. The van der Waals surface area contributed by atoms with Crippen molar-refractivity contribution >= 4 is 21.4 Å². The molecule has 1 aliphatic carbocycles. The number of Topliss-reactive ketones (excluding diaryl/α,β-unsaturated/α-hetero) is 1. The molecule has 5 heteroatoms. The summed E-state index contributed by atoms with van der Waals surface area (Å²) in [4.78, 5) is 12.2. The van der Waals surface area contributed by atoms with E-state index >= 15 is 0 Å². The number of fused-ring (bicyclic) bond motifs is 1. The van der Waals surface area contributed by atoms with Crippen LogP contribution in [-0.4, -0.2) is 14.2 Å². The summed E-state index contributed by atoms with van der Waals surface area (Å²) in [6, 6.07) is 4.36. The van der Waals surface area contributed by atoms with Crippen LogP contribution in [-0.2, 0) is 10.0 Å². The van der Waals surface area contributed by atoms with E-state index in [2.05, 4.69) is 13.2 Å². The van der Waals surface area contributed by atoms with Gasteiger partial charge >= 0.3 is 0 Å². The Balaban J connectivity index is 2.60. The number of allylic oxidation sites excluding steroid dienone is 6. The number of hydrogen-bond acceptors (Lipinski definition) is 3. The number of hydrogen-bond donors (Lipinski definition) is 1. The van der Waals surface area contributed by atoms with Gasteiger partial charge in [0, 0.05) is 12.0 Å². The lowest BCUT2D eigenvalue weighted by molar-refractivity contribution is 0.0984. The summed E-state index contributed by atoms with van der Waals surface area (Å²) in [6.07, 6.45) is 8.03. The first-order valence-electron chi connectivity index (χ1n) is 6.73. The number of rotatable bonds is 4. The number of nitrogens with two attached hydrogens (primary N) is 1. The molecule has 0 aromatic heterocycles. The molecule has 0 atom stereocenters. The molecule has 22 heavy (non-hydrogen) atoms. The highest BCUT2D eigenvalue weighted by molar-refractivity contribution is 7.89. The zero-order valence-electron chi connectivity index (χ0n) is 12.1. The summed E-state index contributed by atoms with van der Waals surface area (Å²) in [5, 5.41) is 5.14. The lowest BCUT2D eigenvalue weighted by Crippen LogP contribution is -2.13. The Bertz CT molecular complexity index is 814. The fraction of sp³-hybridized carbons (Fsp3) is 0.118. The predicted molar refractivity (Wildman–Crippen MR) is 87.8 cm³/mol. The third-order valence-electron chi connectivity index (χ3n) is 3.41. The number of ketones is 1. The molecule has 1 aliphatic rings. The maximum Gasteiger partial charge on any atom is 0.238 e. The van der Waals surface area contributed by atoms with Gasteiger partial charge in [-0.3, -0.25) is 4.79 Å². The van der Waals surface area contributed by atoms with Gasteiger partial charge in [0.2, 0.25) is 10.0 Å². The summed E-state index contributed by atoms with van der Waals surface area (Å²) in [6.45, 7) is 7.60. The summed E-state index contributed by atoms with van der Waals surface area (Å²) in [7, 11) is -3.84. The molecule has 114 valence electrons. The fourth-order valence-corrected chi connectivity index (χ4v) is 2.88. The average molecular weight is 315 g/mol. The van der Waals surface area contributed by atoms with E-state index in [9.17, 15) is 13.2 Å². The van der Waals surface area contributed by atoms with Gasteiger partial charge in [0.25, 0.3) is 0 Å². The van der Waals surface area contributed by atoms with Crippen molar-refractivity contribution in [3.8, 4) is 0 Å². The van der Waals surface area contributed by atoms with Crippen LogP contribution in [0.25, 0.3) is 5.57 Å². The fourth-order valence-electron chi connectivity index (χ4n) is 2.34.